The maximum absolute atomic E-state index is 13.0. The van der Waals surface area contributed by atoms with Crippen molar-refractivity contribution in [3.8, 4) is 5.75 Å². The number of Topliss-reactive ketones (excluding diaryl/α,β-unsaturated/α-hetero) is 1. The zero-order valence-electron chi connectivity index (χ0n) is 26.8. The molecular weight excluding hydrogens is 602 g/mol. The van der Waals surface area contributed by atoms with Crippen LogP contribution in [0.4, 0.5) is 0 Å². The number of rotatable bonds is 19. The zero-order valence-corrected chi connectivity index (χ0v) is 26.8. The molecule has 0 aliphatic rings. The molecule has 0 aliphatic heterocycles. The number of nitrogens with two attached hydrogens (primary N) is 1. The SMILES string of the molecule is CCCCCNC(=O)C(Cc1ccc(OC(C(=O)OCc2ccccc2)C(=O)OCc2ccccc2)cc1)NC(=O)C(N)CC(C)=O. The van der Waals surface area contributed by atoms with E-state index in [0.29, 0.717) is 12.1 Å². The fourth-order valence-corrected chi connectivity index (χ4v) is 4.48. The molecule has 47 heavy (non-hydrogen) atoms. The molecule has 0 saturated carbocycles. The van der Waals surface area contributed by atoms with Crippen molar-refractivity contribution in [1.82, 2.24) is 10.6 Å². The smallest absolute Gasteiger partial charge is 0.359 e. The van der Waals surface area contributed by atoms with Crippen LogP contribution in [0.25, 0.3) is 0 Å². The topological polar surface area (TPSA) is 163 Å². The van der Waals surface area contributed by atoms with Gasteiger partial charge in [0.1, 0.15) is 30.8 Å². The van der Waals surface area contributed by atoms with Gasteiger partial charge in [-0.3, -0.25) is 14.4 Å². The van der Waals surface area contributed by atoms with Gasteiger partial charge in [0, 0.05) is 19.4 Å². The fraction of sp³-hybridized carbons (Fsp3) is 0.361. The summed E-state index contributed by atoms with van der Waals surface area (Å²) in [6.07, 6.45) is 0.994. The van der Waals surface area contributed by atoms with Gasteiger partial charge in [-0.2, -0.15) is 0 Å². The van der Waals surface area contributed by atoms with E-state index in [1.165, 1.54) is 19.1 Å². The van der Waals surface area contributed by atoms with Crippen LogP contribution in [0.15, 0.2) is 84.9 Å². The van der Waals surface area contributed by atoms with E-state index >= 15 is 0 Å². The van der Waals surface area contributed by atoms with Crippen LogP contribution in [0.5, 0.6) is 5.75 Å². The summed E-state index contributed by atoms with van der Waals surface area (Å²) in [5.74, 6) is -2.89. The average molecular weight is 646 g/mol. The van der Waals surface area contributed by atoms with E-state index in [1.54, 1.807) is 60.7 Å². The van der Waals surface area contributed by atoms with E-state index < -0.39 is 36.0 Å². The average Bonchev–Trinajstić information content (AvgIpc) is 3.07. The van der Waals surface area contributed by atoms with Gasteiger partial charge in [0.15, 0.2) is 0 Å². The maximum atomic E-state index is 13.0. The summed E-state index contributed by atoms with van der Waals surface area (Å²) in [6, 6.07) is 22.4. The number of hydrogen-bond acceptors (Lipinski definition) is 9. The van der Waals surface area contributed by atoms with Gasteiger partial charge < -0.3 is 30.6 Å². The first-order valence-corrected chi connectivity index (χ1v) is 15.7. The molecule has 3 aromatic rings. The Labute approximate surface area is 275 Å². The van der Waals surface area contributed by atoms with Gasteiger partial charge in [-0.05, 0) is 42.2 Å². The van der Waals surface area contributed by atoms with Gasteiger partial charge in [0.25, 0.3) is 6.10 Å². The quantitative estimate of drug-likeness (QED) is 0.101. The third kappa shape index (κ3) is 13.1. The van der Waals surface area contributed by atoms with E-state index in [-0.39, 0.29) is 43.5 Å². The highest BCUT2D eigenvalue weighted by atomic mass is 16.6. The molecule has 2 amide bonds. The van der Waals surface area contributed by atoms with Crippen LogP contribution in [0.3, 0.4) is 0 Å². The van der Waals surface area contributed by atoms with Crippen molar-refractivity contribution in [2.45, 2.75) is 77.4 Å². The Morgan fingerprint density at radius 2 is 1.28 bits per heavy atom. The lowest BCUT2D eigenvalue weighted by Gasteiger charge is -2.21. The van der Waals surface area contributed by atoms with Gasteiger partial charge in [0.05, 0.1) is 6.04 Å². The van der Waals surface area contributed by atoms with Crippen molar-refractivity contribution >= 4 is 29.5 Å². The van der Waals surface area contributed by atoms with Crippen LogP contribution < -0.4 is 21.1 Å². The standard InChI is InChI=1S/C36H43N3O8/c1-3-4-11-20-38-34(42)31(39-33(41)30(37)21-25(2)40)22-26-16-18-29(19-17-26)47-32(35(43)45-23-27-12-7-5-8-13-27)36(44)46-24-28-14-9-6-10-15-28/h5-10,12-19,30-32H,3-4,11,20-24,37H2,1-2H3,(H,38,42)(H,39,41). The molecule has 250 valence electrons. The number of benzene rings is 3. The summed E-state index contributed by atoms with van der Waals surface area (Å²) in [5, 5.41) is 5.51. The highest BCUT2D eigenvalue weighted by Gasteiger charge is 2.33. The number of carbonyl (C=O) groups is 5. The molecule has 3 aromatic carbocycles. The molecule has 4 N–H and O–H groups in total. The van der Waals surface area contributed by atoms with Gasteiger partial charge in [0.2, 0.25) is 11.8 Å². The fourth-order valence-electron chi connectivity index (χ4n) is 4.48. The van der Waals surface area contributed by atoms with Crippen molar-refractivity contribution < 1.29 is 38.2 Å². The normalized spacial score (nSPS) is 12.0. The van der Waals surface area contributed by atoms with E-state index in [0.717, 1.165) is 30.4 Å². The van der Waals surface area contributed by atoms with E-state index in [2.05, 4.69) is 17.6 Å². The second kappa shape index (κ2) is 19.5. The Morgan fingerprint density at radius 1 is 0.723 bits per heavy atom. The van der Waals surface area contributed by atoms with Gasteiger partial charge >= 0.3 is 11.9 Å². The van der Waals surface area contributed by atoms with Crippen molar-refractivity contribution in [3.05, 3.63) is 102 Å². The molecular formula is C36H43N3O8. The minimum Gasteiger partial charge on any atom is -0.467 e. The highest BCUT2D eigenvalue weighted by molar-refractivity contribution is 5.98. The number of ether oxygens (including phenoxy) is 3. The van der Waals surface area contributed by atoms with Crippen LogP contribution >= 0.6 is 0 Å². The summed E-state index contributed by atoms with van der Waals surface area (Å²) in [4.78, 5) is 63.3. The van der Waals surface area contributed by atoms with Gasteiger partial charge in [-0.15, -0.1) is 0 Å². The minimum atomic E-state index is -1.70. The number of ketones is 1. The summed E-state index contributed by atoms with van der Waals surface area (Å²) >= 11 is 0. The second-order valence-corrected chi connectivity index (χ2v) is 11.1. The molecule has 11 nitrogen and oxygen atoms in total. The predicted octanol–water partition coefficient (Wildman–Crippen LogP) is 3.56. The Bertz CT molecular complexity index is 1390. The van der Waals surface area contributed by atoms with Gasteiger partial charge in [-0.1, -0.05) is 92.6 Å². The second-order valence-electron chi connectivity index (χ2n) is 11.1. The Hall–Kier alpha value is -5.03. The molecule has 0 aromatic heterocycles. The number of esters is 2. The summed E-state index contributed by atoms with van der Waals surface area (Å²) in [6.45, 7) is 3.72. The lowest BCUT2D eigenvalue weighted by Crippen LogP contribution is -2.53. The molecule has 11 heteroatoms. The molecule has 3 rings (SSSR count). The van der Waals surface area contributed by atoms with Crippen molar-refractivity contribution in [3.63, 3.8) is 0 Å². The Morgan fingerprint density at radius 3 is 1.79 bits per heavy atom. The van der Waals surface area contributed by atoms with Crippen LogP contribution in [0.1, 0.15) is 56.2 Å². The lowest BCUT2D eigenvalue weighted by molar-refractivity contribution is -0.168. The van der Waals surface area contributed by atoms with Crippen molar-refractivity contribution in [2.75, 3.05) is 6.54 Å². The monoisotopic (exact) mass is 645 g/mol. The Kier molecular flexibility index (Phi) is 15.1. The first kappa shape index (κ1) is 36.4. The molecule has 0 heterocycles. The molecule has 2 atom stereocenters. The van der Waals surface area contributed by atoms with E-state index in [1.807, 2.05) is 12.1 Å². The molecule has 0 spiro atoms. The minimum absolute atomic E-state index is 0.0614. The maximum Gasteiger partial charge on any atom is 0.359 e. The number of amides is 2. The van der Waals surface area contributed by atoms with Crippen molar-refractivity contribution in [2.24, 2.45) is 5.73 Å². The van der Waals surface area contributed by atoms with E-state index in [9.17, 15) is 24.0 Å². The number of carbonyl (C=O) groups excluding carboxylic acids is 5. The van der Waals surface area contributed by atoms with Crippen LogP contribution in [-0.2, 0) is 53.1 Å². The molecule has 0 bridgehead atoms. The first-order valence-electron chi connectivity index (χ1n) is 15.7. The zero-order chi connectivity index (χ0) is 34.0. The first-order chi connectivity index (χ1) is 22.7. The van der Waals surface area contributed by atoms with E-state index in [4.69, 9.17) is 19.9 Å². The summed E-state index contributed by atoms with van der Waals surface area (Å²) in [7, 11) is 0. The van der Waals surface area contributed by atoms with Crippen LogP contribution in [0, 0.1) is 0 Å². The number of hydrogen-bond donors (Lipinski definition) is 3. The van der Waals surface area contributed by atoms with Gasteiger partial charge in [-0.25, -0.2) is 9.59 Å². The third-order valence-electron chi connectivity index (χ3n) is 7.05. The molecule has 0 aliphatic carbocycles. The molecule has 0 radical (unpaired) electrons. The lowest BCUT2D eigenvalue weighted by atomic mass is 10.0. The third-order valence-corrected chi connectivity index (χ3v) is 7.05. The van der Waals surface area contributed by atoms with Crippen molar-refractivity contribution in [1.29, 1.82) is 0 Å². The van der Waals surface area contributed by atoms with Crippen LogP contribution in [0.2, 0.25) is 0 Å². The highest BCUT2D eigenvalue weighted by Crippen LogP contribution is 2.18. The summed E-state index contributed by atoms with van der Waals surface area (Å²) in [5.41, 5.74) is 7.99. The summed E-state index contributed by atoms with van der Waals surface area (Å²) < 4.78 is 16.6. The molecule has 0 fully saturated rings. The molecule has 0 saturated heterocycles. The predicted molar refractivity (Wildman–Crippen MR) is 175 cm³/mol. The molecule has 2 unspecified atom stereocenters. The number of nitrogens with one attached hydrogen (secondary N) is 2. The largest absolute Gasteiger partial charge is 0.467 e. The van der Waals surface area contributed by atoms with Crippen LogP contribution in [-0.4, -0.2) is 54.3 Å². The number of unbranched alkanes of at least 4 members (excludes halogenated alkanes) is 2. The Balaban J connectivity index is 1.71.